The first-order valence-corrected chi connectivity index (χ1v) is 10.8. The van der Waals surface area contributed by atoms with Gasteiger partial charge in [-0.25, -0.2) is 0 Å². The van der Waals surface area contributed by atoms with E-state index in [1.807, 2.05) is 41.8 Å². The van der Waals surface area contributed by atoms with Crippen molar-refractivity contribution in [2.75, 3.05) is 12.9 Å². The molecule has 0 atom stereocenters. The summed E-state index contributed by atoms with van der Waals surface area (Å²) in [5.41, 5.74) is 2.00. The summed E-state index contributed by atoms with van der Waals surface area (Å²) in [6.45, 7) is 7.02. The summed E-state index contributed by atoms with van der Waals surface area (Å²) in [4.78, 5) is 18.8. The van der Waals surface area contributed by atoms with Gasteiger partial charge in [0.25, 0.3) is 5.91 Å². The van der Waals surface area contributed by atoms with Gasteiger partial charge in [-0.3, -0.25) is 4.79 Å². The number of amides is 1. The molecule has 0 saturated heterocycles. The summed E-state index contributed by atoms with van der Waals surface area (Å²) in [6.07, 6.45) is 4.15. The summed E-state index contributed by atoms with van der Waals surface area (Å²) in [5.74, 6) is 0.650. The number of aromatic nitrogens is 1. The molecule has 3 rings (SSSR count). The van der Waals surface area contributed by atoms with Crippen LogP contribution in [0.15, 0.2) is 65.0 Å². The van der Waals surface area contributed by atoms with Crippen LogP contribution < -0.4 is 9.54 Å². The van der Waals surface area contributed by atoms with Gasteiger partial charge in [0.2, 0.25) is 0 Å². The van der Waals surface area contributed by atoms with Gasteiger partial charge in [-0.05, 0) is 49.1 Å². The van der Waals surface area contributed by atoms with Crippen LogP contribution >= 0.6 is 23.1 Å². The highest BCUT2D eigenvalue weighted by atomic mass is 32.2. The number of hydrogen-bond donors (Lipinski definition) is 0. The Balaban J connectivity index is 1.90. The van der Waals surface area contributed by atoms with Gasteiger partial charge in [-0.15, -0.1) is 18.3 Å². The van der Waals surface area contributed by atoms with Crippen molar-refractivity contribution in [1.82, 2.24) is 4.57 Å². The average molecular weight is 399 g/mol. The first-order chi connectivity index (χ1) is 13.1. The van der Waals surface area contributed by atoms with Crippen molar-refractivity contribution in [3.63, 3.8) is 0 Å². The molecule has 3 aromatic rings. The predicted molar refractivity (Wildman–Crippen MR) is 114 cm³/mol. The topological polar surface area (TPSA) is 43.6 Å². The van der Waals surface area contributed by atoms with Gasteiger partial charge < -0.3 is 9.30 Å². The van der Waals surface area contributed by atoms with E-state index < -0.39 is 0 Å². The van der Waals surface area contributed by atoms with Crippen LogP contribution in [0.2, 0.25) is 0 Å². The Morgan fingerprint density at radius 2 is 2.07 bits per heavy atom. The number of ether oxygens (including phenoxy) is 1. The van der Waals surface area contributed by atoms with Crippen molar-refractivity contribution in [3.8, 4) is 5.75 Å². The van der Waals surface area contributed by atoms with Gasteiger partial charge in [0, 0.05) is 11.4 Å². The van der Waals surface area contributed by atoms with Crippen LogP contribution in [0.4, 0.5) is 0 Å². The highest BCUT2D eigenvalue weighted by Gasteiger charge is 2.09. The second-order valence-electron chi connectivity index (χ2n) is 5.88. The van der Waals surface area contributed by atoms with E-state index in [2.05, 4.69) is 36.0 Å². The number of benzene rings is 2. The summed E-state index contributed by atoms with van der Waals surface area (Å²) in [6, 6.07) is 13.9. The average Bonchev–Trinajstić information content (AvgIpc) is 3.00. The van der Waals surface area contributed by atoms with Crippen LogP contribution in [0, 0.1) is 0 Å². The van der Waals surface area contributed by atoms with E-state index in [0.717, 1.165) is 21.5 Å². The maximum atomic E-state index is 12.5. The molecule has 6 heteroatoms. The molecule has 4 nitrogen and oxygen atoms in total. The van der Waals surface area contributed by atoms with Gasteiger partial charge in [-0.1, -0.05) is 29.5 Å². The zero-order valence-corrected chi connectivity index (χ0v) is 17.1. The Labute approximate surface area is 167 Å². The maximum absolute atomic E-state index is 12.5. The van der Waals surface area contributed by atoms with Gasteiger partial charge in [-0.2, -0.15) is 4.99 Å². The normalized spacial score (nSPS) is 11.7. The number of carbonyl (C=O) groups is 1. The molecule has 1 amide bonds. The summed E-state index contributed by atoms with van der Waals surface area (Å²) in [7, 11) is 0. The molecule has 0 N–H and O–H groups in total. The SMILES string of the molecule is C=CCn1c(=NC(=O)Cc2ccc(OCC)cc2)sc2cc(SC)ccc21. The predicted octanol–water partition coefficient (Wildman–Crippen LogP) is 4.68. The molecule has 2 aromatic carbocycles. The molecule has 0 bridgehead atoms. The summed E-state index contributed by atoms with van der Waals surface area (Å²) < 4.78 is 8.59. The third-order valence-corrected chi connectivity index (χ3v) is 5.78. The van der Waals surface area contributed by atoms with E-state index in [0.29, 0.717) is 18.0 Å². The van der Waals surface area contributed by atoms with E-state index in [1.165, 1.54) is 16.2 Å². The maximum Gasteiger partial charge on any atom is 0.252 e. The Kier molecular flexibility index (Phi) is 6.53. The lowest BCUT2D eigenvalue weighted by Gasteiger charge is -2.04. The van der Waals surface area contributed by atoms with Crippen molar-refractivity contribution < 1.29 is 9.53 Å². The summed E-state index contributed by atoms with van der Waals surface area (Å²) >= 11 is 3.24. The number of thioether (sulfide) groups is 1. The van der Waals surface area contributed by atoms with E-state index in [-0.39, 0.29) is 12.3 Å². The lowest BCUT2D eigenvalue weighted by Crippen LogP contribution is -2.16. The molecule has 0 saturated carbocycles. The lowest BCUT2D eigenvalue weighted by atomic mass is 10.1. The van der Waals surface area contributed by atoms with Crippen molar-refractivity contribution in [2.45, 2.75) is 24.8 Å². The minimum atomic E-state index is -0.159. The van der Waals surface area contributed by atoms with Crippen LogP contribution in [-0.4, -0.2) is 23.3 Å². The molecule has 0 aliphatic carbocycles. The molecular weight excluding hydrogens is 376 g/mol. The Morgan fingerprint density at radius 1 is 1.30 bits per heavy atom. The molecule has 0 unspecified atom stereocenters. The number of rotatable bonds is 7. The Morgan fingerprint density at radius 3 is 2.74 bits per heavy atom. The molecular formula is C21H22N2O2S2. The number of allylic oxidation sites excluding steroid dienone is 1. The number of carbonyl (C=O) groups excluding carboxylic acids is 1. The van der Waals surface area contributed by atoms with Crippen LogP contribution in [0.3, 0.4) is 0 Å². The third kappa shape index (κ3) is 4.70. The highest BCUT2D eigenvalue weighted by molar-refractivity contribution is 7.98. The van der Waals surface area contributed by atoms with Crippen LogP contribution in [-0.2, 0) is 17.8 Å². The molecule has 0 aliphatic heterocycles. The van der Waals surface area contributed by atoms with Gasteiger partial charge >= 0.3 is 0 Å². The smallest absolute Gasteiger partial charge is 0.252 e. The second-order valence-corrected chi connectivity index (χ2v) is 7.77. The fraction of sp³-hybridized carbons (Fsp3) is 0.238. The number of hydrogen-bond acceptors (Lipinski definition) is 4. The zero-order chi connectivity index (χ0) is 19.2. The standard InChI is InChI=1S/C21H22N2O2S2/c1-4-12-23-18-11-10-17(26-3)14-19(18)27-21(23)22-20(24)13-15-6-8-16(9-7-15)25-5-2/h4,6-11,14H,1,5,12-13H2,2-3H3. The van der Waals surface area contributed by atoms with Crippen LogP contribution in [0.5, 0.6) is 5.75 Å². The van der Waals surface area contributed by atoms with E-state index in [9.17, 15) is 4.79 Å². The van der Waals surface area contributed by atoms with E-state index in [4.69, 9.17) is 4.74 Å². The fourth-order valence-electron chi connectivity index (χ4n) is 2.76. The number of thiazole rings is 1. The van der Waals surface area contributed by atoms with Crippen LogP contribution in [0.1, 0.15) is 12.5 Å². The quantitative estimate of drug-likeness (QED) is 0.429. The number of nitrogens with zero attached hydrogens (tertiary/aromatic N) is 2. The minimum Gasteiger partial charge on any atom is -0.494 e. The molecule has 0 spiro atoms. The summed E-state index contributed by atoms with van der Waals surface area (Å²) in [5, 5.41) is 0. The zero-order valence-electron chi connectivity index (χ0n) is 15.5. The first kappa shape index (κ1) is 19.5. The van der Waals surface area contributed by atoms with Crippen molar-refractivity contribution in [3.05, 3.63) is 65.5 Å². The number of fused-ring (bicyclic) bond motifs is 1. The first-order valence-electron chi connectivity index (χ1n) is 8.72. The van der Waals surface area contributed by atoms with Crippen molar-refractivity contribution in [1.29, 1.82) is 0 Å². The van der Waals surface area contributed by atoms with E-state index >= 15 is 0 Å². The second kappa shape index (κ2) is 9.06. The van der Waals surface area contributed by atoms with Crippen molar-refractivity contribution >= 4 is 39.2 Å². The molecule has 140 valence electrons. The largest absolute Gasteiger partial charge is 0.494 e. The van der Waals surface area contributed by atoms with Crippen LogP contribution in [0.25, 0.3) is 10.2 Å². The fourth-order valence-corrected chi connectivity index (χ4v) is 4.37. The molecule has 27 heavy (non-hydrogen) atoms. The highest BCUT2D eigenvalue weighted by Crippen LogP contribution is 2.24. The van der Waals surface area contributed by atoms with Gasteiger partial charge in [0.15, 0.2) is 4.80 Å². The lowest BCUT2D eigenvalue weighted by molar-refractivity contribution is -0.117. The van der Waals surface area contributed by atoms with Gasteiger partial charge in [0.1, 0.15) is 5.75 Å². The monoisotopic (exact) mass is 398 g/mol. The Bertz CT molecular complexity index is 1020. The Hall–Kier alpha value is -2.31. The van der Waals surface area contributed by atoms with E-state index in [1.54, 1.807) is 11.8 Å². The molecule has 0 fully saturated rings. The molecule has 0 aliphatic rings. The molecule has 0 radical (unpaired) electrons. The van der Waals surface area contributed by atoms with Crippen molar-refractivity contribution in [2.24, 2.45) is 4.99 Å². The molecule has 1 aromatic heterocycles. The van der Waals surface area contributed by atoms with Gasteiger partial charge in [0.05, 0.1) is 23.2 Å². The minimum absolute atomic E-state index is 0.159. The third-order valence-electron chi connectivity index (χ3n) is 4.01. The molecule has 1 heterocycles.